The second-order valence-electron chi connectivity index (χ2n) is 4.73. The molecule has 1 aliphatic rings. The van der Waals surface area contributed by atoms with Gasteiger partial charge in [0, 0.05) is 19.7 Å². The number of alkyl halides is 3. The lowest BCUT2D eigenvalue weighted by molar-refractivity contribution is -0.165. The molecular formula is C11H19F3N2O2. The third kappa shape index (κ3) is 4.13. The minimum absolute atomic E-state index is 0.112. The summed E-state index contributed by atoms with van der Waals surface area (Å²) in [4.78, 5) is 12.9. The maximum Gasteiger partial charge on any atom is 0.406 e. The van der Waals surface area contributed by atoms with Gasteiger partial charge in [0.2, 0.25) is 5.91 Å². The fraction of sp³-hybridized carbons (Fsp3) is 0.909. The van der Waals surface area contributed by atoms with Crippen LogP contribution in [0.2, 0.25) is 0 Å². The average molecular weight is 268 g/mol. The fourth-order valence-electron chi connectivity index (χ4n) is 1.98. The molecule has 1 heterocycles. The zero-order valence-electron chi connectivity index (χ0n) is 10.8. The van der Waals surface area contributed by atoms with Crippen LogP contribution >= 0.6 is 0 Å². The number of ether oxygens (including phenoxy) is 1. The standard InChI is InChI=1S/C11H19F3N2O2/c1-7(2)16(6-11(12,13)14)10(17)9-4-8(18-3)5-15-9/h7-9,15H,4-6H2,1-3H3. The SMILES string of the molecule is COC1CNC(C(=O)N(CC(F)(F)F)C(C)C)C1. The highest BCUT2D eigenvalue weighted by Crippen LogP contribution is 2.20. The maximum atomic E-state index is 12.4. The van der Waals surface area contributed by atoms with Crippen molar-refractivity contribution in [1.29, 1.82) is 0 Å². The van der Waals surface area contributed by atoms with Gasteiger partial charge in [0.05, 0.1) is 12.1 Å². The Morgan fingerprint density at radius 1 is 1.50 bits per heavy atom. The molecule has 2 atom stereocenters. The van der Waals surface area contributed by atoms with E-state index in [0.717, 1.165) is 4.90 Å². The van der Waals surface area contributed by atoms with Gasteiger partial charge in [-0.05, 0) is 20.3 Å². The largest absolute Gasteiger partial charge is 0.406 e. The molecule has 0 spiro atoms. The van der Waals surface area contributed by atoms with E-state index in [1.54, 1.807) is 13.8 Å². The first-order valence-corrected chi connectivity index (χ1v) is 5.88. The minimum atomic E-state index is -4.38. The molecule has 0 aromatic carbocycles. The van der Waals surface area contributed by atoms with Crippen molar-refractivity contribution in [3.63, 3.8) is 0 Å². The van der Waals surface area contributed by atoms with Crippen LogP contribution in [0.1, 0.15) is 20.3 Å². The number of halogens is 3. The van der Waals surface area contributed by atoms with Crippen molar-refractivity contribution < 1.29 is 22.7 Å². The van der Waals surface area contributed by atoms with Crippen molar-refractivity contribution in [3.8, 4) is 0 Å². The van der Waals surface area contributed by atoms with Crippen LogP contribution in [0.25, 0.3) is 0 Å². The van der Waals surface area contributed by atoms with E-state index in [-0.39, 0.29) is 6.10 Å². The van der Waals surface area contributed by atoms with Crippen LogP contribution in [-0.2, 0) is 9.53 Å². The molecule has 7 heteroatoms. The summed E-state index contributed by atoms with van der Waals surface area (Å²) in [5.74, 6) is -0.512. The molecular weight excluding hydrogens is 249 g/mol. The van der Waals surface area contributed by atoms with Crippen molar-refractivity contribution in [2.45, 2.75) is 44.6 Å². The van der Waals surface area contributed by atoms with Crippen LogP contribution in [0.4, 0.5) is 13.2 Å². The highest BCUT2D eigenvalue weighted by atomic mass is 19.4. The first-order valence-electron chi connectivity index (χ1n) is 5.88. The molecule has 1 rings (SSSR count). The lowest BCUT2D eigenvalue weighted by Crippen LogP contribution is -2.50. The zero-order valence-corrected chi connectivity index (χ0v) is 10.8. The van der Waals surface area contributed by atoms with Gasteiger partial charge < -0.3 is 15.0 Å². The van der Waals surface area contributed by atoms with Gasteiger partial charge in [-0.2, -0.15) is 13.2 Å². The number of nitrogens with one attached hydrogen (secondary N) is 1. The molecule has 0 aliphatic carbocycles. The Labute approximate surface area is 104 Å². The normalized spacial score (nSPS) is 24.6. The summed E-state index contributed by atoms with van der Waals surface area (Å²) in [6.45, 7) is 2.43. The summed E-state index contributed by atoms with van der Waals surface area (Å²) in [6, 6.07) is -1.07. The summed E-state index contributed by atoms with van der Waals surface area (Å²) >= 11 is 0. The van der Waals surface area contributed by atoms with Crippen molar-refractivity contribution in [1.82, 2.24) is 10.2 Å². The third-order valence-corrected chi connectivity index (χ3v) is 2.98. The maximum absolute atomic E-state index is 12.4. The molecule has 106 valence electrons. The van der Waals surface area contributed by atoms with E-state index in [2.05, 4.69) is 5.32 Å². The van der Waals surface area contributed by atoms with Gasteiger partial charge in [-0.1, -0.05) is 0 Å². The van der Waals surface area contributed by atoms with Crippen LogP contribution in [0, 0.1) is 0 Å². The van der Waals surface area contributed by atoms with Gasteiger partial charge in [-0.15, -0.1) is 0 Å². The second-order valence-corrected chi connectivity index (χ2v) is 4.73. The summed E-state index contributed by atoms with van der Waals surface area (Å²) in [5, 5.41) is 2.89. The van der Waals surface area contributed by atoms with Gasteiger partial charge in [-0.25, -0.2) is 0 Å². The number of rotatable bonds is 4. The predicted molar refractivity (Wildman–Crippen MR) is 60.1 cm³/mol. The van der Waals surface area contributed by atoms with Crippen molar-refractivity contribution >= 4 is 5.91 Å². The number of methoxy groups -OCH3 is 1. The molecule has 1 N–H and O–H groups in total. The smallest absolute Gasteiger partial charge is 0.380 e. The highest BCUT2D eigenvalue weighted by Gasteiger charge is 2.38. The van der Waals surface area contributed by atoms with E-state index in [1.807, 2.05) is 0 Å². The predicted octanol–water partition coefficient (Wildman–Crippen LogP) is 1.16. The van der Waals surface area contributed by atoms with E-state index in [9.17, 15) is 18.0 Å². The lowest BCUT2D eigenvalue weighted by Gasteiger charge is -2.30. The third-order valence-electron chi connectivity index (χ3n) is 2.98. The van der Waals surface area contributed by atoms with Crippen LogP contribution in [-0.4, -0.2) is 55.4 Å². The van der Waals surface area contributed by atoms with E-state index in [4.69, 9.17) is 4.74 Å². The number of hydrogen-bond donors (Lipinski definition) is 1. The summed E-state index contributed by atoms with van der Waals surface area (Å²) in [7, 11) is 1.52. The zero-order chi connectivity index (χ0) is 13.9. The highest BCUT2D eigenvalue weighted by molar-refractivity contribution is 5.82. The van der Waals surface area contributed by atoms with Gasteiger partial charge in [-0.3, -0.25) is 4.79 Å². The Morgan fingerprint density at radius 2 is 2.11 bits per heavy atom. The van der Waals surface area contributed by atoms with Crippen molar-refractivity contribution in [3.05, 3.63) is 0 Å². The van der Waals surface area contributed by atoms with E-state index < -0.39 is 30.7 Å². The van der Waals surface area contributed by atoms with Crippen molar-refractivity contribution in [2.24, 2.45) is 0 Å². The first-order chi connectivity index (χ1) is 8.24. The first kappa shape index (κ1) is 15.2. The summed E-state index contributed by atoms with van der Waals surface area (Å²) < 4.78 is 42.3. The molecule has 0 bridgehead atoms. The molecule has 0 radical (unpaired) electrons. The van der Waals surface area contributed by atoms with Crippen LogP contribution in [0.5, 0.6) is 0 Å². The number of nitrogens with zero attached hydrogens (tertiary/aromatic N) is 1. The topological polar surface area (TPSA) is 41.6 Å². The number of hydrogen-bond acceptors (Lipinski definition) is 3. The Hall–Kier alpha value is -0.820. The van der Waals surface area contributed by atoms with Crippen molar-refractivity contribution in [2.75, 3.05) is 20.2 Å². The Kier molecular flexibility index (Phi) is 4.98. The lowest BCUT2D eigenvalue weighted by atomic mass is 10.1. The fourth-order valence-corrected chi connectivity index (χ4v) is 1.98. The summed E-state index contributed by atoms with van der Waals surface area (Å²) in [5.41, 5.74) is 0. The number of carbonyl (C=O) groups excluding carboxylic acids is 1. The average Bonchev–Trinajstić information content (AvgIpc) is 2.71. The molecule has 0 aromatic rings. The number of carbonyl (C=O) groups is 1. The molecule has 0 aromatic heterocycles. The van der Waals surface area contributed by atoms with E-state index in [0.29, 0.717) is 13.0 Å². The summed E-state index contributed by atoms with van der Waals surface area (Å²) in [6.07, 6.45) is -4.07. The Morgan fingerprint density at radius 3 is 2.50 bits per heavy atom. The minimum Gasteiger partial charge on any atom is -0.380 e. The van der Waals surface area contributed by atoms with Crippen LogP contribution in [0.15, 0.2) is 0 Å². The van der Waals surface area contributed by atoms with E-state index in [1.165, 1.54) is 7.11 Å². The monoisotopic (exact) mass is 268 g/mol. The molecule has 1 amide bonds. The second kappa shape index (κ2) is 5.88. The Balaban J connectivity index is 2.66. The molecule has 1 saturated heterocycles. The quantitative estimate of drug-likeness (QED) is 0.832. The molecule has 18 heavy (non-hydrogen) atoms. The van der Waals surface area contributed by atoms with Crippen LogP contribution < -0.4 is 5.32 Å². The molecule has 1 fully saturated rings. The Bertz CT molecular complexity index is 295. The molecule has 4 nitrogen and oxygen atoms in total. The molecule has 0 saturated carbocycles. The van der Waals surface area contributed by atoms with E-state index >= 15 is 0 Å². The van der Waals surface area contributed by atoms with Gasteiger partial charge in [0.25, 0.3) is 0 Å². The van der Waals surface area contributed by atoms with Crippen LogP contribution in [0.3, 0.4) is 0 Å². The number of amides is 1. The van der Waals surface area contributed by atoms with Gasteiger partial charge in [0.1, 0.15) is 6.54 Å². The van der Waals surface area contributed by atoms with Gasteiger partial charge in [0.15, 0.2) is 0 Å². The van der Waals surface area contributed by atoms with Gasteiger partial charge >= 0.3 is 6.18 Å². The molecule has 1 aliphatic heterocycles. The molecule has 2 unspecified atom stereocenters.